The number of alkyl halides is 3. The Kier molecular flexibility index (Phi) is 3.46. The molecular weight excluding hydrogens is 279 g/mol. The molecule has 0 radical (unpaired) electrons. The SMILES string of the molecule is Nc1cc(Br)c(OC(F)(F)F)cc1CO. The smallest absolute Gasteiger partial charge is 0.405 e. The lowest BCUT2D eigenvalue weighted by atomic mass is 10.2. The van der Waals surface area contributed by atoms with Crippen molar-refractivity contribution in [1.82, 2.24) is 0 Å². The van der Waals surface area contributed by atoms with Gasteiger partial charge >= 0.3 is 6.36 Å². The first-order valence-electron chi connectivity index (χ1n) is 3.78. The number of rotatable bonds is 2. The summed E-state index contributed by atoms with van der Waals surface area (Å²) in [6.45, 7) is -0.451. The Balaban J connectivity index is 3.08. The standard InChI is InChI=1S/C8H7BrF3NO2/c9-5-2-6(13)4(3-14)1-7(5)15-8(10,11)12/h1-2,14H,3,13H2. The van der Waals surface area contributed by atoms with E-state index in [-0.39, 0.29) is 15.7 Å². The van der Waals surface area contributed by atoms with Gasteiger partial charge in [-0.15, -0.1) is 13.2 Å². The molecule has 0 aliphatic rings. The number of aliphatic hydroxyl groups excluding tert-OH is 1. The summed E-state index contributed by atoms with van der Waals surface area (Å²) >= 11 is 2.88. The number of hydrogen-bond donors (Lipinski definition) is 2. The fourth-order valence-corrected chi connectivity index (χ4v) is 1.39. The maximum absolute atomic E-state index is 11.9. The molecule has 3 N–H and O–H groups in total. The molecule has 0 heterocycles. The maximum atomic E-state index is 11.9. The maximum Gasteiger partial charge on any atom is 0.573 e. The topological polar surface area (TPSA) is 55.5 Å². The molecular formula is C8H7BrF3NO2. The summed E-state index contributed by atoms with van der Waals surface area (Å²) in [6, 6.07) is 2.28. The zero-order valence-electron chi connectivity index (χ0n) is 7.31. The molecule has 0 bridgehead atoms. The lowest BCUT2D eigenvalue weighted by molar-refractivity contribution is -0.274. The van der Waals surface area contributed by atoms with Gasteiger partial charge in [0.05, 0.1) is 11.1 Å². The first-order valence-corrected chi connectivity index (χ1v) is 4.57. The van der Waals surface area contributed by atoms with E-state index in [0.717, 1.165) is 6.07 Å². The number of ether oxygens (including phenoxy) is 1. The molecule has 0 spiro atoms. The van der Waals surface area contributed by atoms with Crippen LogP contribution in [0.5, 0.6) is 5.75 Å². The van der Waals surface area contributed by atoms with Crippen molar-refractivity contribution in [2.75, 3.05) is 5.73 Å². The number of halogens is 4. The van der Waals surface area contributed by atoms with Crippen LogP contribution in [0.25, 0.3) is 0 Å². The summed E-state index contributed by atoms with van der Waals surface area (Å²) < 4.78 is 39.6. The molecule has 0 aliphatic carbocycles. The Hall–Kier alpha value is -0.950. The predicted octanol–water partition coefficient (Wildman–Crippen LogP) is 2.42. The van der Waals surface area contributed by atoms with Crippen molar-refractivity contribution in [3.63, 3.8) is 0 Å². The molecule has 0 unspecified atom stereocenters. The van der Waals surface area contributed by atoms with Crippen molar-refractivity contribution in [3.05, 3.63) is 22.2 Å². The van der Waals surface area contributed by atoms with E-state index in [1.165, 1.54) is 6.07 Å². The molecule has 1 aromatic rings. The molecule has 3 nitrogen and oxygen atoms in total. The van der Waals surface area contributed by atoms with Gasteiger partial charge in [-0.2, -0.15) is 0 Å². The van der Waals surface area contributed by atoms with Gasteiger partial charge in [0.25, 0.3) is 0 Å². The summed E-state index contributed by atoms with van der Waals surface area (Å²) in [5.41, 5.74) is 5.81. The lowest BCUT2D eigenvalue weighted by Gasteiger charge is -2.12. The molecule has 7 heteroatoms. The zero-order chi connectivity index (χ0) is 11.6. The van der Waals surface area contributed by atoms with Gasteiger partial charge in [-0.05, 0) is 28.1 Å². The van der Waals surface area contributed by atoms with Crippen molar-refractivity contribution in [3.8, 4) is 5.75 Å². The highest BCUT2D eigenvalue weighted by atomic mass is 79.9. The molecule has 0 fully saturated rings. The molecule has 0 aromatic heterocycles. The second-order valence-electron chi connectivity index (χ2n) is 2.69. The van der Waals surface area contributed by atoms with Gasteiger partial charge in [0.2, 0.25) is 0 Å². The third-order valence-electron chi connectivity index (χ3n) is 1.59. The van der Waals surface area contributed by atoms with Crippen LogP contribution in [0.2, 0.25) is 0 Å². The number of benzene rings is 1. The fourth-order valence-electron chi connectivity index (χ4n) is 0.951. The molecule has 0 saturated heterocycles. The number of nitrogen functional groups attached to an aromatic ring is 1. The third kappa shape index (κ3) is 3.28. The van der Waals surface area contributed by atoms with Crippen molar-refractivity contribution in [1.29, 1.82) is 0 Å². The minimum absolute atomic E-state index is 0.0783. The average molecular weight is 286 g/mol. The van der Waals surface area contributed by atoms with Crippen LogP contribution >= 0.6 is 15.9 Å². The molecule has 0 saturated carbocycles. The van der Waals surface area contributed by atoms with Gasteiger partial charge in [-0.1, -0.05) is 0 Å². The molecule has 84 valence electrons. The fraction of sp³-hybridized carbons (Fsp3) is 0.250. The second-order valence-corrected chi connectivity index (χ2v) is 3.54. The molecule has 1 rings (SSSR count). The van der Waals surface area contributed by atoms with E-state index >= 15 is 0 Å². The lowest BCUT2D eigenvalue weighted by Crippen LogP contribution is -2.17. The Morgan fingerprint density at radius 1 is 1.40 bits per heavy atom. The van der Waals surface area contributed by atoms with Gasteiger partial charge in [0.15, 0.2) is 0 Å². The highest BCUT2D eigenvalue weighted by Crippen LogP contribution is 2.33. The quantitative estimate of drug-likeness (QED) is 0.821. The molecule has 0 amide bonds. The van der Waals surface area contributed by atoms with Crippen LogP contribution in [0.1, 0.15) is 5.56 Å². The number of nitrogens with two attached hydrogens (primary N) is 1. The van der Waals surface area contributed by atoms with E-state index < -0.39 is 18.7 Å². The first kappa shape index (κ1) is 12.1. The number of hydrogen-bond acceptors (Lipinski definition) is 3. The van der Waals surface area contributed by atoms with Crippen molar-refractivity contribution < 1.29 is 23.0 Å². The van der Waals surface area contributed by atoms with Gasteiger partial charge in [-0.3, -0.25) is 0 Å². The second kappa shape index (κ2) is 4.28. The van der Waals surface area contributed by atoms with Gasteiger partial charge < -0.3 is 15.6 Å². The Morgan fingerprint density at radius 3 is 2.47 bits per heavy atom. The summed E-state index contributed by atoms with van der Waals surface area (Å²) in [4.78, 5) is 0. The summed E-state index contributed by atoms with van der Waals surface area (Å²) in [5.74, 6) is -0.430. The van der Waals surface area contributed by atoms with E-state index in [9.17, 15) is 13.2 Å². The van der Waals surface area contributed by atoms with Gasteiger partial charge in [0.1, 0.15) is 5.75 Å². The molecule has 15 heavy (non-hydrogen) atoms. The zero-order valence-corrected chi connectivity index (χ0v) is 8.89. The van der Waals surface area contributed by atoms with Crippen LogP contribution in [0.15, 0.2) is 16.6 Å². The Morgan fingerprint density at radius 2 is 2.00 bits per heavy atom. The van der Waals surface area contributed by atoms with Crippen molar-refractivity contribution >= 4 is 21.6 Å². The largest absolute Gasteiger partial charge is 0.573 e. The molecule has 1 aromatic carbocycles. The Labute approximate surface area is 91.8 Å². The van der Waals surface area contributed by atoms with Crippen LogP contribution in [0.4, 0.5) is 18.9 Å². The van der Waals surface area contributed by atoms with E-state index in [4.69, 9.17) is 10.8 Å². The normalized spacial score (nSPS) is 11.5. The van der Waals surface area contributed by atoms with Crippen molar-refractivity contribution in [2.24, 2.45) is 0 Å². The minimum atomic E-state index is -4.77. The van der Waals surface area contributed by atoms with Crippen LogP contribution in [-0.4, -0.2) is 11.5 Å². The van der Waals surface area contributed by atoms with Gasteiger partial charge in [0, 0.05) is 11.3 Å². The predicted molar refractivity (Wildman–Crippen MR) is 51.2 cm³/mol. The van der Waals surface area contributed by atoms with Crippen LogP contribution < -0.4 is 10.5 Å². The summed E-state index contributed by atoms with van der Waals surface area (Å²) in [7, 11) is 0. The van der Waals surface area contributed by atoms with Crippen LogP contribution in [0.3, 0.4) is 0 Å². The minimum Gasteiger partial charge on any atom is -0.405 e. The Bertz CT molecular complexity index is 368. The first-order chi connectivity index (χ1) is 6.83. The van der Waals surface area contributed by atoms with E-state index in [2.05, 4.69) is 20.7 Å². The van der Waals surface area contributed by atoms with E-state index in [1.54, 1.807) is 0 Å². The highest BCUT2D eigenvalue weighted by molar-refractivity contribution is 9.10. The summed E-state index contributed by atoms with van der Waals surface area (Å²) in [6.07, 6.45) is -4.77. The van der Waals surface area contributed by atoms with Gasteiger partial charge in [-0.25, -0.2) is 0 Å². The third-order valence-corrected chi connectivity index (χ3v) is 2.21. The number of aliphatic hydroxyl groups is 1. The van der Waals surface area contributed by atoms with E-state index in [1.807, 2.05) is 0 Å². The molecule has 0 atom stereocenters. The average Bonchev–Trinajstić information content (AvgIpc) is 2.07. The summed E-state index contributed by atoms with van der Waals surface area (Å²) in [5, 5.41) is 8.80. The van der Waals surface area contributed by atoms with Crippen LogP contribution in [0, 0.1) is 0 Å². The van der Waals surface area contributed by atoms with Crippen molar-refractivity contribution in [2.45, 2.75) is 13.0 Å². The highest BCUT2D eigenvalue weighted by Gasteiger charge is 2.32. The van der Waals surface area contributed by atoms with Crippen LogP contribution in [-0.2, 0) is 6.61 Å². The van der Waals surface area contributed by atoms with E-state index in [0.29, 0.717) is 0 Å². The number of anilines is 1. The molecule has 0 aliphatic heterocycles. The monoisotopic (exact) mass is 285 g/mol.